The monoisotopic (exact) mass is 311 g/mol. The minimum absolute atomic E-state index is 0.0508. The Kier molecular flexibility index (Phi) is 4.25. The molecule has 2 aromatic rings. The largest absolute Gasteiger partial charge is 0.478 e. The summed E-state index contributed by atoms with van der Waals surface area (Å²) >= 11 is 0. The van der Waals surface area contributed by atoms with Gasteiger partial charge in [0.05, 0.1) is 16.8 Å². The maximum absolute atomic E-state index is 13.0. The first kappa shape index (κ1) is 15.7. The first-order valence-corrected chi connectivity index (χ1v) is 6.01. The van der Waals surface area contributed by atoms with Crippen molar-refractivity contribution in [3.8, 4) is 0 Å². The fraction of sp³-hybridized carbons (Fsp3) is 0.0667. The normalized spacial score (nSPS) is 11.8. The zero-order chi connectivity index (χ0) is 16.3. The Morgan fingerprint density at radius 2 is 1.73 bits per heavy atom. The van der Waals surface area contributed by atoms with Crippen molar-refractivity contribution in [1.82, 2.24) is 0 Å². The van der Waals surface area contributed by atoms with E-state index >= 15 is 0 Å². The van der Waals surface area contributed by atoms with Crippen LogP contribution >= 0.6 is 0 Å². The Labute approximate surface area is 122 Å². The number of aromatic carboxylic acids is 1. The maximum atomic E-state index is 13.0. The van der Waals surface area contributed by atoms with Gasteiger partial charge in [-0.05, 0) is 35.9 Å². The molecule has 0 aromatic heterocycles. The van der Waals surface area contributed by atoms with Crippen LogP contribution in [0.3, 0.4) is 0 Å². The second-order valence-corrected chi connectivity index (χ2v) is 4.34. The second-order valence-electron chi connectivity index (χ2n) is 4.34. The van der Waals surface area contributed by atoms with Crippen LogP contribution in [-0.2, 0) is 6.18 Å². The molecule has 0 fully saturated rings. The standard InChI is InChI=1S/C15H9F4NO2/c16-11-5-6-13(12(7-11)15(17,18)19)20-8-9-1-3-10(4-2-9)14(21)22/h1-8H,(H,21,22)/b20-8+. The van der Waals surface area contributed by atoms with Gasteiger partial charge in [0.2, 0.25) is 0 Å². The van der Waals surface area contributed by atoms with E-state index in [1.165, 1.54) is 24.3 Å². The smallest absolute Gasteiger partial charge is 0.418 e. The predicted octanol–water partition coefficient (Wildman–Crippen LogP) is 4.29. The third-order valence-electron chi connectivity index (χ3n) is 2.77. The summed E-state index contributed by atoms with van der Waals surface area (Å²) in [7, 11) is 0. The van der Waals surface area contributed by atoms with Crippen molar-refractivity contribution in [3.63, 3.8) is 0 Å². The van der Waals surface area contributed by atoms with E-state index in [1.54, 1.807) is 0 Å². The van der Waals surface area contributed by atoms with Crippen LogP contribution in [0.15, 0.2) is 47.5 Å². The molecule has 2 rings (SSSR count). The first-order chi connectivity index (χ1) is 10.3. The van der Waals surface area contributed by atoms with Crippen LogP contribution in [0, 0.1) is 5.82 Å². The van der Waals surface area contributed by atoms with Crippen molar-refractivity contribution in [2.45, 2.75) is 6.18 Å². The first-order valence-electron chi connectivity index (χ1n) is 6.01. The fourth-order valence-electron chi connectivity index (χ4n) is 1.70. The van der Waals surface area contributed by atoms with Crippen LogP contribution < -0.4 is 0 Å². The molecule has 0 saturated carbocycles. The minimum Gasteiger partial charge on any atom is -0.478 e. The second kappa shape index (κ2) is 5.97. The van der Waals surface area contributed by atoms with Crippen molar-refractivity contribution in [2.24, 2.45) is 4.99 Å². The van der Waals surface area contributed by atoms with E-state index in [4.69, 9.17) is 5.11 Å². The number of carboxylic acid groups (broad SMARTS) is 1. The highest BCUT2D eigenvalue weighted by atomic mass is 19.4. The van der Waals surface area contributed by atoms with Gasteiger partial charge in [-0.15, -0.1) is 0 Å². The zero-order valence-electron chi connectivity index (χ0n) is 10.9. The topological polar surface area (TPSA) is 49.7 Å². The van der Waals surface area contributed by atoms with E-state index in [9.17, 15) is 22.4 Å². The van der Waals surface area contributed by atoms with Gasteiger partial charge in [0.15, 0.2) is 0 Å². The average Bonchev–Trinajstić information content (AvgIpc) is 2.45. The molecule has 0 unspecified atom stereocenters. The molecule has 0 aliphatic heterocycles. The molecular weight excluding hydrogens is 302 g/mol. The molecule has 114 valence electrons. The molecule has 0 bridgehead atoms. The van der Waals surface area contributed by atoms with Crippen LogP contribution in [0.25, 0.3) is 0 Å². The number of rotatable bonds is 3. The van der Waals surface area contributed by atoms with Gasteiger partial charge >= 0.3 is 12.1 Å². The van der Waals surface area contributed by atoms with E-state index in [-0.39, 0.29) is 5.56 Å². The number of halogens is 4. The van der Waals surface area contributed by atoms with Crippen LogP contribution in [-0.4, -0.2) is 17.3 Å². The van der Waals surface area contributed by atoms with Gasteiger partial charge in [-0.3, -0.25) is 4.99 Å². The molecule has 0 atom stereocenters. The molecule has 22 heavy (non-hydrogen) atoms. The van der Waals surface area contributed by atoms with Crippen LogP contribution in [0.1, 0.15) is 21.5 Å². The Balaban J connectivity index is 2.32. The van der Waals surface area contributed by atoms with E-state index in [0.29, 0.717) is 11.6 Å². The number of hydrogen-bond donors (Lipinski definition) is 1. The lowest BCUT2D eigenvalue weighted by molar-refractivity contribution is -0.137. The summed E-state index contributed by atoms with van der Waals surface area (Å²) in [5.41, 5.74) is -1.13. The number of nitrogens with zero attached hydrogens (tertiary/aromatic N) is 1. The Morgan fingerprint density at radius 1 is 1.09 bits per heavy atom. The van der Waals surface area contributed by atoms with Gasteiger partial charge < -0.3 is 5.11 Å². The lowest BCUT2D eigenvalue weighted by atomic mass is 10.1. The highest BCUT2D eigenvalue weighted by molar-refractivity contribution is 5.89. The van der Waals surface area contributed by atoms with Crippen molar-refractivity contribution in [1.29, 1.82) is 0 Å². The SMILES string of the molecule is O=C(O)c1ccc(/C=N/c2ccc(F)cc2C(F)(F)F)cc1. The van der Waals surface area contributed by atoms with Gasteiger partial charge in [-0.25, -0.2) is 9.18 Å². The molecule has 0 amide bonds. The number of aliphatic imine (C=N–C) groups is 1. The molecule has 0 heterocycles. The molecule has 7 heteroatoms. The highest BCUT2D eigenvalue weighted by Crippen LogP contribution is 2.36. The van der Waals surface area contributed by atoms with E-state index in [2.05, 4.69) is 4.99 Å². The van der Waals surface area contributed by atoms with Crippen LogP contribution in [0.2, 0.25) is 0 Å². The Bertz CT molecular complexity index is 721. The van der Waals surface area contributed by atoms with Crippen molar-refractivity contribution >= 4 is 17.9 Å². The van der Waals surface area contributed by atoms with Gasteiger partial charge in [0.25, 0.3) is 0 Å². The number of carbonyl (C=O) groups is 1. The summed E-state index contributed by atoms with van der Waals surface area (Å²) in [4.78, 5) is 14.4. The number of alkyl halides is 3. The third-order valence-corrected chi connectivity index (χ3v) is 2.77. The summed E-state index contributed by atoms with van der Waals surface area (Å²) in [5, 5.41) is 8.74. The molecule has 0 spiro atoms. The third kappa shape index (κ3) is 3.69. The Hall–Kier alpha value is -2.70. The van der Waals surface area contributed by atoms with Gasteiger partial charge in [-0.1, -0.05) is 12.1 Å². The minimum atomic E-state index is -4.72. The van der Waals surface area contributed by atoms with Gasteiger partial charge in [0.1, 0.15) is 5.82 Å². The van der Waals surface area contributed by atoms with Crippen molar-refractivity contribution < 1.29 is 27.5 Å². The summed E-state index contributed by atoms with van der Waals surface area (Å²) in [5.74, 6) is -2.11. The van der Waals surface area contributed by atoms with Crippen LogP contribution in [0.4, 0.5) is 23.2 Å². The van der Waals surface area contributed by atoms with Gasteiger partial charge in [0, 0.05) is 6.21 Å². The molecule has 2 aromatic carbocycles. The molecule has 0 radical (unpaired) electrons. The number of carboxylic acids is 1. The quantitative estimate of drug-likeness (QED) is 0.679. The molecule has 0 saturated heterocycles. The average molecular weight is 311 g/mol. The Morgan fingerprint density at radius 3 is 2.27 bits per heavy atom. The van der Waals surface area contributed by atoms with Crippen LogP contribution in [0.5, 0.6) is 0 Å². The van der Waals surface area contributed by atoms with Gasteiger partial charge in [-0.2, -0.15) is 13.2 Å². The molecule has 3 nitrogen and oxygen atoms in total. The summed E-state index contributed by atoms with van der Waals surface area (Å²) < 4.78 is 51.3. The van der Waals surface area contributed by atoms with Crippen molar-refractivity contribution in [3.05, 3.63) is 65.0 Å². The zero-order valence-corrected chi connectivity index (χ0v) is 10.9. The highest BCUT2D eigenvalue weighted by Gasteiger charge is 2.33. The summed E-state index contributed by atoms with van der Waals surface area (Å²) in [6.45, 7) is 0. The summed E-state index contributed by atoms with van der Waals surface area (Å²) in [6, 6.07) is 7.61. The van der Waals surface area contributed by atoms with Crippen molar-refractivity contribution in [2.75, 3.05) is 0 Å². The number of benzene rings is 2. The molecule has 0 aliphatic rings. The van der Waals surface area contributed by atoms with E-state index in [0.717, 1.165) is 18.3 Å². The number of hydrogen-bond acceptors (Lipinski definition) is 2. The van der Waals surface area contributed by atoms with E-state index in [1.807, 2.05) is 0 Å². The lowest BCUT2D eigenvalue weighted by Gasteiger charge is -2.09. The summed E-state index contributed by atoms with van der Waals surface area (Å²) in [6.07, 6.45) is -3.57. The maximum Gasteiger partial charge on any atom is 0.418 e. The lowest BCUT2D eigenvalue weighted by Crippen LogP contribution is -2.05. The predicted molar refractivity (Wildman–Crippen MR) is 72.1 cm³/mol. The molecular formula is C15H9F4NO2. The fourth-order valence-corrected chi connectivity index (χ4v) is 1.70. The molecule has 1 N–H and O–H groups in total. The van der Waals surface area contributed by atoms with E-state index < -0.39 is 29.2 Å². The molecule has 0 aliphatic carbocycles.